The highest BCUT2D eigenvalue weighted by Crippen LogP contribution is 2.23. The highest BCUT2D eigenvalue weighted by atomic mass is 16.5. The molecular formula is C14H18N2O5. The Hall–Kier alpha value is -2.28. The first-order valence-electron chi connectivity index (χ1n) is 6.71. The number of amides is 2. The Morgan fingerprint density at radius 1 is 1.38 bits per heavy atom. The van der Waals surface area contributed by atoms with E-state index in [4.69, 9.17) is 14.6 Å². The minimum absolute atomic E-state index is 0.319. The first-order chi connectivity index (χ1) is 10.1. The lowest BCUT2D eigenvalue weighted by Crippen LogP contribution is -2.33. The molecule has 1 atom stereocenters. The lowest BCUT2D eigenvalue weighted by atomic mass is 10.1. The molecule has 2 amide bonds. The van der Waals surface area contributed by atoms with Crippen LogP contribution in [0.3, 0.4) is 0 Å². The molecule has 1 fully saturated rings. The van der Waals surface area contributed by atoms with Gasteiger partial charge < -0.3 is 25.2 Å². The molecule has 7 nitrogen and oxygen atoms in total. The first-order valence-corrected chi connectivity index (χ1v) is 6.71. The van der Waals surface area contributed by atoms with E-state index < -0.39 is 12.6 Å². The average molecular weight is 294 g/mol. The minimum Gasteiger partial charge on any atom is -0.480 e. The third-order valence-electron chi connectivity index (χ3n) is 3.06. The van der Waals surface area contributed by atoms with Gasteiger partial charge in [-0.1, -0.05) is 12.1 Å². The number of nitrogens with one attached hydrogen (secondary N) is 2. The largest absolute Gasteiger partial charge is 0.480 e. The number of rotatable bonds is 6. The van der Waals surface area contributed by atoms with Gasteiger partial charge >= 0.3 is 12.0 Å². The lowest BCUT2D eigenvalue weighted by molar-refractivity contribution is -0.139. The predicted octanol–water partition coefficient (Wildman–Crippen LogP) is 1.31. The SMILES string of the molecule is O=C(O)COc1ccccc1NC(=O)NCC1CCOC1. The number of para-hydroxylation sites is 2. The number of carboxylic acids is 1. The van der Waals surface area contributed by atoms with Crippen LogP contribution >= 0.6 is 0 Å². The van der Waals surface area contributed by atoms with E-state index in [0.29, 0.717) is 30.5 Å². The molecule has 0 spiro atoms. The molecule has 114 valence electrons. The maximum atomic E-state index is 11.8. The van der Waals surface area contributed by atoms with E-state index in [9.17, 15) is 9.59 Å². The molecule has 1 aromatic rings. The number of hydrogen-bond acceptors (Lipinski definition) is 4. The standard InChI is InChI=1S/C14H18N2O5/c17-13(18)9-21-12-4-2-1-3-11(12)16-14(19)15-7-10-5-6-20-8-10/h1-4,10H,5-9H2,(H,17,18)(H2,15,16,19). The molecule has 1 unspecified atom stereocenters. The van der Waals surface area contributed by atoms with Crippen molar-refractivity contribution in [3.63, 3.8) is 0 Å². The number of benzene rings is 1. The van der Waals surface area contributed by atoms with Gasteiger partial charge in [-0.3, -0.25) is 0 Å². The Kier molecular flexibility index (Phi) is 5.39. The lowest BCUT2D eigenvalue weighted by Gasteiger charge is -2.13. The van der Waals surface area contributed by atoms with Crippen molar-refractivity contribution in [2.75, 3.05) is 31.7 Å². The van der Waals surface area contributed by atoms with Gasteiger partial charge in [-0.2, -0.15) is 0 Å². The topological polar surface area (TPSA) is 96.9 Å². The second-order valence-corrected chi connectivity index (χ2v) is 4.74. The number of carbonyl (C=O) groups excluding carboxylic acids is 1. The number of anilines is 1. The summed E-state index contributed by atoms with van der Waals surface area (Å²) in [5.41, 5.74) is 0.430. The zero-order valence-corrected chi connectivity index (χ0v) is 11.5. The van der Waals surface area contributed by atoms with Crippen LogP contribution in [-0.2, 0) is 9.53 Å². The van der Waals surface area contributed by atoms with Crippen molar-refractivity contribution in [1.82, 2.24) is 5.32 Å². The molecule has 0 radical (unpaired) electrons. The Labute approximate surface area is 122 Å². The fraction of sp³-hybridized carbons (Fsp3) is 0.429. The van der Waals surface area contributed by atoms with Crippen molar-refractivity contribution in [2.24, 2.45) is 5.92 Å². The summed E-state index contributed by atoms with van der Waals surface area (Å²) >= 11 is 0. The second kappa shape index (κ2) is 7.49. The number of ether oxygens (including phenoxy) is 2. The Morgan fingerprint density at radius 3 is 2.90 bits per heavy atom. The zero-order chi connectivity index (χ0) is 15.1. The number of hydrogen-bond donors (Lipinski definition) is 3. The molecule has 1 aliphatic heterocycles. The van der Waals surface area contributed by atoms with Crippen LogP contribution in [0.4, 0.5) is 10.5 Å². The highest BCUT2D eigenvalue weighted by Gasteiger charge is 2.16. The zero-order valence-electron chi connectivity index (χ0n) is 11.5. The van der Waals surface area contributed by atoms with Gasteiger partial charge in [0.15, 0.2) is 6.61 Å². The highest BCUT2D eigenvalue weighted by molar-refractivity contribution is 5.90. The Balaban J connectivity index is 1.85. The van der Waals surface area contributed by atoms with Gasteiger partial charge in [0, 0.05) is 19.1 Å². The van der Waals surface area contributed by atoms with E-state index in [-0.39, 0.29) is 6.03 Å². The molecule has 1 saturated heterocycles. The van der Waals surface area contributed by atoms with Crippen LogP contribution in [-0.4, -0.2) is 43.5 Å². The van der Waals surface area contributed by atoms with E-state index in [2.05, 4.69) is 10.6 Å². The van der Waals surface area contributed by atoms with Gasteiger partial charge in [0.25, 0.3) is 0 Å². The van der Waals surface area contributed by atoms with E-state index in [0.717, 1.165) is 13.0 Å². The van der Waals surface area contributed by atoms with Crippen molar-refractivity contribution >= 4 is 17.7 Å². The Bertz CT molecular complexity index is 500. The summed E-state index contributed by atoms with van der Waals surface area (Å²) in [6.45, 7) is 1.49. The molecule has 1 aromatic carbocycles. The van der Waals surface area contributed by atoms with Gasteiger partial charge in [0.1, 0.15) is 5.75 Å². The molecular weight excluding hydrogens is 276 g/mol. The third kappa shape index (κ3) is 4.96. The fourth-order valence-corrected chi connectivity index (χ4v) is 1.98. The summed E-state index contributed by atoms with van der Waals surface area (Å²) < 4.78 is 10.3. The molecule has 21 heavy (non-hydrogen) atoms. The molecule has 0 aliphatic carbocycles. The number of aliphatic carboxylic acids is 1. The maximum absolute atomic E-state index is 11.8. The average Bonchev–Trinajstić information content (AvgIpc) is 2.97. The Morgan fingerprint density at radius 2 is 2.19 bits per heavy atom. The number of carbonyl (C=O) groups is 2. The summed E-state index contributed by atoms with van der Waals surface area (Å²) in [5.74, 6) is -0.413. The van der Waals surface area contributed by atoms with E-state index >= 15 is 0 Å². The molecule has 0 aromatic heterocycles. The quantitative estimate of drug-likeness (QED) is 0.735. The van der Waals surface area contributed by atoms with E-state index in [1.165, 1.54) is 0 Å². The van der Waals surface area contributed by atoms with Crippen LogP contribution in [0.25, 0.3) is 0 Å². The van der Waals surface area contributed by atoms with Gasteiger partial charge in [-0.25, -0.2) is 9.59 Å². The van der Waals surface area contributed by atoms with Crippen molar-refractivity contribution in [3.05, 3.63) is 24.3 Å². The van der Waals surface area contributed by atoms with Gasteiger partial charge in [0.2, 0.25) is 0 Å². The second-order valence-electron chi connectivity index (χ2n) is 4.74. The van der Waals surface area contributed by atoms with Gasteiger partial charge in [-0.05, 0) is 18.6 Å². The molecule has 7 heteroatoms. The van der Waals surface area contributed by atoms with Crippen LogP contribution in [0.1, 0.15) is 6.42 Å². The van der Waals surface area contributed by atoms with Crippen molar-refractivity contribution in [1.29, 1.82) is 0 Å². The number of carboxylic acid groups (broad SMARTS) is 1. The normalized spacial score (nSPS) is 17.2. The summed E-state index contributed by atoms with van der Waals surface area (Å²) in [5, 5.41) is 14.0. The van der Waals surface area contributed by atoms with Crippen molar-refractivity contribution in [2.45, 2.75) is 6.42 Å². The maximum Gasteiger partial charge on any atom is 0.341 e. The van der Waals surface area contributed by atoms with Gasteiger partial charge in [0.05, 0.1) is 12.3 Å². The molecule has 3 N–H and O–H groups in total. The number of urea groups is 1. The molecule has 0 bridgehead atoms. The molecule has 1 aliphatic rings. The van der Waals surface area contributed by atoms with Crippen LogP contribution in [0.2, 0.25) is 0 Å². The fourth-order valence-electron chi connectivity index (χ4n) is 1.98. The van der Waals surface area contributed by atoms with Crippen LogP contribution in [0.15, 0.2) is 24.3 Å². The molecule has 1 heterocycles. The van der Waals surface area contributed by atoms with Crippen LogP contribution in [0, 0.1) is 5.92 Å². The predicted molar refractivity (Wildman–Crippen MR) is 75.5 cm³/mol. The van der Waals surface area contributed by atoms with E-state index in [1.807, 2.05) is 0 Å². The molecule has 0 saturated carbocycles. The summed E-state index contributed by atoms with van der Waals surface area (Å²) in [6.07, 6.45) is 0.943. The van der Waals surface area contributed by atoms with Crippen LogP contribution < -0.4 is 15.4 Å². The minimum atomic E-state index is -1.07. The third-order valence-corrected chi connectivity index (χ3v) is 3.06. The summed E-state index contributed by atoms with van der Waals surface area (Å²) in [7, 11) is 0. The summed E-state index contributed by atoms with van der Waals surface area (Å²) in [6, 6.07) is 6.33. The monoisotopic (exact) mass is 294 g/mol. The van der Waals surface area contributed by atoms with Crippen LogP contribution in [0.5, 0.6) is 5.75 Å². The van der Waals surface area contributed by atoms with Crippen molar-refractivity contribution < 1.29 is 24.2 Å². The van der Waals surface area contributed by atoms with Crippen molar-refractivity contribution in [3.8, 4) is 5.75 Å². The molecule has 2 rings (SSSR count). The van der Waals surface area contributed by atoms with Gasteiger partial charge in [-0.15, -0.1) is 0 Å². The van der Waals surface area contributed by atoms with E-state index in [1.54, 1.807) is 24.3 Å². The summed E-state index contributed by atoms with van der Waals surface area (Å²) in [4.78, 5) is 22.3. The smallest absolute Gasteiger partial charge is 0.341 e. The first kappa shape index (κ1) is 15.1.